The Morgan fingerprint density at radius 1 is 1.24 bits per heavy atom. The lowest BCUT2D eigenvalue weighted by atomic mass is 10.2. The number of nitrogens with zero attached hydrogens (tertiary/aromatic N) is 2. The monoisotopic (exact) mass is 293 g/mol. The summed E-state index contributed by atoms with van der Waals surface area (Å²) >= 11 is 3.35. The Morgan fingerprint density at radius 2 is 1.94 bits per heavy atom. The van der Waals surface area contributed by atoms with Crippen LogP contribution in [0.25, 0.3) is 0 Å². The molecule has 0 aliphatic heterocycles. The molecule has 4 nitrogen and oxygen atoms in total. The molecule has 17 heavy (non-hydrogen) atoms. The molecule has 1 heterocycles. The molecule has 0 aliphatic carbocycles. The Labute approximate surface area is 108 Å². The molecule has 0 fully saturated rings. The number of hydrogen-bond donors (Lipinski definition) is 1. The largest absolute Gasteiger partial charge is 0.438 e. The van der Waals surface area contributed by atoms with Gasteiger partial charge in [-0.15, -0.1) is 0 Å². The highest BCUT2D eigenvalue weighted by molar-refractivity contribution is 9.10. The fourth-order valence-corrected chi connectivity index (χ4v) is 1.53. The van der Waals surface area contributed by atoms with Gasteiger partial charge in [-0.05, 0) is 35.0 Å². The maximum Gasteiger partial charge on any atom is 0.238 e. The van der Waals surface area contributed by atoms with Crippen LogP contribution in [0.2, 0.25) is 0 Å². The zero-order chi connectivity index (χ0) is 12.3. The summed E-state index contributed by atoms with van der Waals surface area (Å²) < 4.78 is 6.39. The zero-order valence-electron chi connectivity index (χ0n) is 9.57. The number of aromatic nitrogens is 2. The number of ether oxygens (including phenoxy) is 1. The van der Waals surface area contributed by atoms with E-state index in [1.807, 2.05) is 31.2 Å². The number of halogens is 1. The Hall–Kier alpha value is -1.62. The summed E-state index contributed by atoms with van der Waals surface area (Å²) in [6.07, 6.45) is 1.66. The lowest BCUT2D eigenvalue weighted by molar-refractivity contribution is 0.459. The maximum atomic E-state index is 5.67. The van der Waals surface area contributed by atoms with Crippen LogP contribution in [-0.2, 0) is 0 Å². The average Bonchev–Trinajstić information content (AvgIpc) is 2.35. The molecule has 2 rings (SSSR count). The van der Waals surface area contributed by atoms with E-state index in [2.05, 4.69) is 31.2 Å². The highest BCUT2D eigenvalue weighted by Gasteiger charge is 2.06. The van der Waals surface area contributed by atoms with Gasteiger partial charge in [-0.3, -0.25) is 0 Å². The van der Waals surface area contributed by atoms with Crippen molar-refractivity contribution in [1.29, 1.82) is 0 Å². The highest BCUT2D eigenvalue weighted by atomic mass is 79.9. The molecule has 0 radical (unpaired) electrons. The van der Waals surface area contributed by atoms with Crippen LogP contribution in [0, 0.1) is 6.92 Å². The summed E-state index contributed by atoms with van der Waals surface area (Å²) in [5.74, 6) is 1.76. The number of hydrogen-bond acceptors (Lipinski definition) is 4. The average molecular weight is 294 g/mol. The van der Waals surface area contributed by atoms with E-state index in [1.54, 1.807) is 13.2 Å². The van der Waals surface area contributed by atoms with Crippen molar-refractivity contribution in [3.8, 4) is 11.6 Å². The highest BCUT2D eigenvalue weighted by Crippen LogP contribution is 2.27. The van der Waals surface area contributed by atoms with E-state index in [0.717, 1.165) is 10.2 Å². The molecule has 1 aromatic heterocycles. The molecule has 0 saturated carbocycles. The second-order valence-electron chi connectivity index (χ2n) is 3.51. The van der Waals surface area contributed by atoms with Crippen molar-refractivity contribution in [3.05, 3.63) is 40.5 Å². The van der Waals surface area contributed by atoms with Crippen molar-refractivity contribution in [2.24, 2.45) is 0 Å². The molecule has 2 aromatic rings. The zero-order valence-corrected chi connectivity index (χ0v) is 11.2. The molecule has 0 unspecified atom stereocenters. The van der Waals surface area contributed by atoms with Crippen molar-refractivity contribution in [2.75, 3.05) is 12.4 Å². The Kier molecular flexibility index (Phi) is 3.58. The van der Waals surface area contributed by atoms with Crippen LogP contribution in [0.5, 0.6) is 11.6 Å². The smallest absolute Gasteiger partial charge is 0.238 e. The minimum Gasteiger partial charge on any atom is -0.438 e. The van der Waals surface area contributed by atoms with E-state index in [1.165, 1.54) is 5.56 Å². The van der Waals surface area contributed by atoms with Crippen LogP contribution in [0.1, 0.15) is 5.56 Å². The summed E-state index contributed by atoms with van der Waals surface area (Å²) in [6.45, 7) is 2.03. The molecule has 0 saturated heterocycles. The van der Waals surface area contributed by atoms with Crippen molar-refractivity contribution in [1.82, 2.24) is 9.97 Å². The molecule has 0 amide bonds. The topological polar surface area (TPSA) is 47.0 Å². The third-order valence-electron chi connectivity index (χ3n) is 2.17. The SMILES string of the molecule is CNc1ncc(Br)c(Oc2ccc(C)cc2)n1. The molecule has 0 atom stereocenters. The van der Waals surface area contributed by atoms with Crippen molar-refractivity contribution >= 4 is 21.9 Å². The molecule has 0 aliphatic rings. The van der Waals surface area contributed by atoms with Crippen LogP contribution < -0.4 is 10.1 Å². The molecular formula is C12H12BrN3O. The molecule has 88 valence electrons. The standard InChI is InChI=1S/C12H12BrN3O/c1-8-3-5-9(6-4-8)17-11-10(13)7-15-12(14-2)16-11/h3-7H,1-2H3,(H,14,15,16). The quantitative estimate of drug-likeness (QED) is 0.942. The minimum atomic E-state index is 0.494. The van der Waals surface area contributed by atoms with E-state index < -0.39 is 0 Å². The van der Waals surface area contributed by atoms with E-state index in [-0.39, 0.29) is 0 Å². The second kappa shape index (κ2) is 5.14. The van der Waals surface area contributed by atoms with Gasteiger partial charge in [0, 0.05) is 7.05 Å². The molecular weight excluding hydrogens is 282 g/mol. The number of rotatable bonds is 3. The predicted octanol–water partition coefficient (Wildman–Crippen LogP) is 3.38. The van der Waals surface area contributed by atoms with Crippen LogP contribution in [-0.4, -0.2) is 17.0 Å². The predicted molar refractivity (Wildman–Crippen MR) is 70.5 cm³/mol. The fourth-order valence-electron chi connectivity index (χ4n) is 1.26. The number of benzene rings is 1. The number of aryl methyl sites for hydroxylation is 1. The van der Waals surface area contributed by atoms with Gasteiger partial charge >= 0.3 is 0 Å². The number of nitrogens with one attached hydrogen (secondary N) is 1. The van der Waals surface area contributed by atoms with E-state index in [0.29, 0.717) is 11.8 Å². The van der Waals surface area contributed by atoms with Crippen molar-refractivity contribution in [3.63, 3.8) is 0 Å². The van der Waals surface area contributed by atoms with Gasteiger partial charge in [-0.1, -0.05) is 17.7 Å². The first-order valence-electron chi connectivity index (χ1n) is 5.14. The molecule has 1 N–H and O–H groups in total. The molecule has 5 heteroatoms. The van der Waals surface area contributed by atoms with Crippen molar-refractivity contribution < 1.29 is 4.74 Å². The Morgan fingerprint density at radius 3 is 2.59 bits per heavy atom. The van der Waals surface area contributed by atoms with E-state index in [4.69, 9.17) is 4.74 Å². The third kappa shape index (κ3) is 2.94. The van der Waals surface area contributed by atoms with Gasteiger partial charge in [-0.2, -0.15) is 4.98 Å². The van der Waals surface area contributed by atoms with Gasteiger partial charge in [0.05, 0.1) is 10.7 Å². The van der Waals surface area contributed by atoms with Gasteiger partial charge in [0.15, 0.2) is 0 Å². The number of anilines is 1. The third-order valence-corrected chi connectivity index (χ3v) is 2.71. The van der Waals surface area contributed by atoms with Gasteiger partial charge in [0.25, 0.3) is 0 Å². The first kappa shape index (κ1) is 11.9. The van der Waals surface area contributed by atoms with Crippen molar-refractivity contribution in [2.45, 2.75) is 6.92 Å². The summed E-state index contributed by atoms with van der Waals surface area (Å²) in [5.41, 5.74) is 1.19. The summed E-state index contributed by atoms with van der Waals surface area (Å²) in [7, 11) is 1.76. The fraction of sp³-hybridized carbons (Fsp3) is 0.167. The molecule has 1 aromatic carbocycles. The van der Waals surface area contributed by atoms with Crippen LogP contribution in [0.3, 0.4) is 0 Å². The summed E-state index contributed by atoms with van der Waals surface area (Å²) in [5, 5.41) is 2.87. The van der Waals surface area contributed by atoms with Crippen LogP contribution in [0.4, 0.5) is 5.95 Å². The Bertz CT molecular complexity index is 514. The van der Waals surface area contributed by atoms with Crippen LogP contribution >= 0.6 is 15.9 Å². The van der Waals surface area contributed by atoms with Gasteiger partial charge < -0.3 is 10.1 Å². The normalized spacial score (nSPS) is 10.1. The lowest BCUT2D eigenvalue weighted by Gasteiger charge is -2.07. The summed E-state index contributed by atoms with van der Waals surface area (Å²) in [6, 6.07) is 7.79. The lowest BCUT2D eigenvalue weighted by Crippen LogP contribution is -1.98. The van der Waals surface area contributed by atoms with Gasteiger partial charge in [0.2, 0.25) is 11.8 Å². The Balaban J connectivity index is 2.25. The first-order chi connectivity index (χ1) is 8.19. The molecule has 0 bridgehead atoms. The molecule has 0 spiro atoms. The maximum absolute atomic E-state index is 5.67. The van der Waals surface area contributed by atoms with E-state index >= 15 is 0 Å². The summed E-state index contributed by atoms with van der Waals surface area (Å²) in [4.78, 5) is 8.28. The second-order valence-corrected chi connectivity index (χ2v) is 4.37. The first-order valence-corrected chi connectivity index (χ1v) is 5.93. The van der Waals surface area contributed by atoms with Gasteiger partial charge in [-0.25, -0.2) is 4.98 Å². The van der Waals surface area contributed by atoms with Crippen LogP contribution in [0.15, 0.2) is 34.9 Å². The van der Waals surface area contributed by atoms with E-state index in [9.17, 15) is 0 Å². The minimum absolute atomic E-state index is 0.494. The van der Waals surface area contributed by atoms with Gasteiger partial charge in [0.1, 0.15) is 5.75 Å².